The van der Waals surface area contributed by atoms with Crippen molar-refractivity contribution >= 4 is 17.3 Å². The summed E-state index contributed by atoms with van der Waals surface area (Å²) >= 11 is 5.90. The standard InChI is InChI=1S/C14H20ClFN2/c1-17(2)12-6-8-18(9-7-12)14-11(10-15)4-3-5-13(14)16/h3-5,12H,6-10H2,1-2H3. The second-order valence-corrected chi connectivity index (χ2v) is 5.33. The van der Waals surface area contributed by atoms with E-state index in [1.54, 1.807) is 6.07 Å². The Bertz CT molecular complexity index is 401. The van der Waals surface area contributed by atoms with Crippen LogP contribution in [0.4, 0.5) is 10.1 Å². The first-order valence-corrected chi connectivity index (χ1v) is 6.91. The van der Waals surface area contributed by atoms with E-state index in [0.717, 1.165) is 31.5 Å². The zero-order chi connectivity index (χ0) is 13.1. The number of alkyl halides is 1. The van der Waals surface area contributed by atoms with Gasteiger partial charge in [0.25, 0.3) is 0 Å². The summed E-state index contributed by atoms with van der Waals surface area (Å²) in [5.41, 5.74) is 1.59. The van der Waals surface area contributed by atoms with E-state index in [-0.39, 0.29) is 5.82 Å². The Labute approximate surface area is 113 Å². The Morgan fingerprint density at radius 1 is 1.33 bits per heavy atom. The maximum Gasteiger partial charge on any atom is 0.146 e. The van der Waals surface area contributed by atoms with Crippen LogP contribution in [0, 0.1) is 5.82 Å². The monoisotopic (exact) mass is 270 g/mol. The van der Waals surface area contributed by atoms with Gasteiger partial charge in [0.1, 0.15) is 5.82 Å². The third-order valence-corrected chi connectivity index (χ3v) is 4.01. The van der Waals surface area contributed by atoms with Crippen LogP contribution in [0.1, 0.15) is 18.4 Å². The molecule has 0 radical (unpaired) electrons. The molecule has 1 fully saturated rings. The number of anilines is 1. The van der Waals surface area contributed by atoms with Crippen molar-refractivity contribution in [1.82, 2.24) is 4.90 Å². The highest BCUT2D eigenvalue weighted by molar-refractivity contribution is 6.17. The molecule has 0 atom stereocenters. The molecule has 100 valence electrons. The lowest BCUT2D eigenvalue weighted by molar-refractivity contribution is 0.249. The Kier molecular flexibility index (Phi) is 4.46. The number of hydrogen-bond donors (Lipinski definition) is 0. The molecular formula is C14H20ClFN2. The van der Waals surface area contributed by atoms with Crippen LogP contribution in [0.15, 0.2) is 18.2 Å². The third kappa shape index (κ3) is 2.78. The number of benzene rings is 1. The fourth-order valence-corrected chi connectivity index (χ4v) is 2.84. The Morgan fingerprint density at radius 2 is 2.00 bits per heavy atom. The van der Waals surface area contributed by atoms with Crippen molar-refractivity contribution in [1.29, 1.82) is 0 Å². The van der Waals surface area contributed by atoms with Crippen LogP contribution >= 0.6 is 11.6 Å². The lowest BCUT2D eigenvalue weighted by Gasteiger charge is -2.37. The highest BCUT2D eigenvalue weighted by atomic mass is 35.5. The normalized spacial score (nSPS) is 17.5. The van der Waals surface area contributed by atoms with Gasteiger partial charge in [-0.2, -0.15) is 0 Å². The van der Waals surface area contributed by atoms with Crippen molar-refractivity contribution in [2.45, 2.75) is 24.8 Å². The molecule has 4 heteroatoms. The van der Waals surface area contributed by atoms with Crippen LogP contribution in [0.5, 0.6) is 0 Å². The van der Waals surface area contributed by atoms with Crippen molar-refractivity contribution in [2.75, 3.05) is 32.1 Å². The van der Waals surface area contributed by atoms with Crippen LogP contribution in [-0.2, 0) is 5.88 Å². The number of piperidine rings is 1. The molecule has 1 aliphatic rings. The molecule has 1 heterocycles. The average molecular weight is 271 g/mol. The van der Waals surface area contributed by atoms with E-state index in [0.29, 0.717) is 17.6 Å². The molecule has 18 heavy (non-hydrogen) atoms. The van der Waals surface area contributed by atoms with Gasteiger partial charge in [-0.3, -0.25) is 0 Å². The van der Waals surface area contributed by atoms with Crippen LogP contribution < -0.4 is 4.90 Å². The van der Waals surface area contributed by atoms with Gasteiger partial charge in [0.2, 0.25) is 0 Å². The largest absolute Gasteiger partial charge is 0.369 e. The van der Waals surface area contributed by atoms with Crippen molar-refractivity contribution in [3.8, 4) is 0 Å². The molecule has 1 aromatic rings. The van der Waals surface area contributed by atoms with Crippen LogP contribution in [-0.4, -0.2) is 38.1 Å². The molecule has 0 bridgehead atoms. The van der Waals surface area contributed by atoms with Gasteiger partial charge in [0.05, 0.1) is 5.69 Å². The predicted octanol–water partition coefficient (Wildman–Crippen LogP) is 3.09. The van der Waals surface area contributed by atoms with Gasteiger partial charge in [-0.15, -0.1) is 11.6 Å². The molecular weight excluding hydrogens is 251 g/mol. The van der Waals surface area contributed by atoms with Crippen molar-refractivity contribution in [3.63, 3.8) is 0 Å². The summed E-state index contributed by atoms with van der Waals surface area (Å²) in [5, 5.41) is 0. The summed E-state index contributed by atoms with van der Waals surface area (Å²) < 4.78 is 14.0. The minimum absolute atomic E-state index is 0.156. The molecule has 0 aromatic heterocycles. The van der Waals surface area contributed by atoms with Gasteiger partial charge in [-0.25, -0.2) is 4.39 Å². The van der Waals surface area contributed by atoms with E-state index in [4.69, 9.17) is 11.6 Å². The molecule has 0 aliphatic carbocycles. The van der Waals surface area contributed by atoms with Crippen molar-refractivity contribution < 1.29 is 4.39 Å². The second-order valence-electron chi connectivity index (χ2n) is 5.06. The molecule has 2 rings (SSSR count). The molecule has 0 spiro atoms. The van der Waals surface area contributed by atoms with E-state index in [2.05, 4.69) is 23.9 Å². The van der Waals surface area contributed by atoms with Crippen LogP contribution in [0.25, 0.3) is 0 Å². The summed E-state index contributed by atoms with van der Waals surface area (Å²) in [7, 11) is 4.21. The summed E-state index contributed by atoms with van der Waals surface area (Å²) in [6.07, 6.45) is 2.14. The molecule has 1 aromatic carbocycles. The molecule has 2 nitrogen and oxygen atoms in total. The smallest absolute Gasteiger partial charge is 0.146 e. The molecule has 0 amide bonds. The molecule has 1 saturated heterocycles. The molecule has 1 aliphatic heterocycles. The average Bonchev–Trinajstić information content (AvgIpc) is 2.38. The number of hydrogen-bond acceptors (Lipinski definition) is 2. The number of nitrogens with zero attached hydrogens (tertiary/aromatic N) is 2. The minimum atomic E-state index is -0.156. The third-order valence-electron chi connectivity index (χ3n) is 3.73. The summed E-state index contributed by atoms with van der Waals surface area (Å²) in [6, 6.07) is 5.75. The lowest BCUT2D eigenvalue weighted by atomic mass is 10.0. The first-order chi connectivity index (χ1) is 8.63. The first-order valence-electron chi connectivity index (χ1n) is 6.38. The maximum absolute atomic E-state index is 14.0. The zero-order valence-corrected chi connectivity index (χ0v) is 11.8. The molecule has 0 unspecified atom stereocenters. The van der Waals surface area contributed by atoms with Gasteiger partial charge in [0.15, 0.2) is 0 Å². The fraction of sp³-hybridized carbons (Fsp3) is 0.571. The zero-order valence-electron chi connectivity index (χ0n) is 11.0. The van der Waals surface area contributed by atoms with E-state index < -0.39 is 0 Å². The quantitative estimate of drug-likeness (QED) is 0.779. The number of rotatable bonds is 3. The Morgan fingerprint density at radius 3 is 2.56 bits per heavy atom. The maximum atomic E-state index is 14.0. The predicted molar refractivity (Wildman–Crippen MR) is 74.9 cm³/mol. The number of para-hydroxylation sites is 1. The summed E-state index contributed by atoms with van der Waals surface area (Å²) in [6.45, 7) is 1.79. The highest BCUT2D eigenvalue weighted by Crippen LogP contribution is 2.29. The van der Waals surface area contributed by atoms with Gasteiger partial charge in [-0.05, 0) is 38.6 Å². The van der Waals surface area contributed by atoms with Gasteiger partial charge in [0, 0.05) is 25.0 Å². The van der Waals surface area contributed by atoms with E-state index >= 15 is 0 Å². The minimum Gasteiger partial charge on any atom is -0.369 e. The van der Waals surface area contributed by atoms with E-state index in [1.165, 1.54) is 6.07 Å². The van der Waals surface area contributed by atoms with Gasteiger partial charge < -0.3 is 9.80 Å². The topological polar surface area (TPSA) is 6.48 Å². The Hall–Kier alpha value is -0.800. The highest BCUT2D eigenvalue weighted by Gasteiger charge is 2.23. The number of halogens is 2. The Balaban J connectivity index is 2.14. The van der Waals surface area contributed by atoms with Crippen molar-refractivity contribution in [2.24, 2.45) is 0 Å². The van der Waals surface area contributed by atoms with Crippen LogP contribution in [0.2, 0.25) is 0 Å². The first kappa shape index (κ1) is 13.6. The van der Waals surface area contributed by atoms with Crippen LogP contribution in [0.3, 0.4) is 0 Å². The molecule has 0 N–H and O–H groups in total. The van der Waals surface area contributed by atoms with Gasteiger partial charge in [-0.1, -0.05) is 12.1 Å². The lowest BCUT2D eigenvalue weighted by Crippen LogP contribution is -2.42. The van der Waals surface area contributed by atoms with Gasteiger partial charge >= 0.3 is 0 Å². The fourth-order valence-electron chi connectivity index (χ4n) is 2.63. The molecule has 0 saturated carbocycles. The SMILES string of the molecule is CN(C)C1CCN(c2c(F)cccc2CCl)CC1. The van der Waals surface area contributed by atoms with E-state index in [1.807, 2.05) is 6.07 Å². The van der Waals surface area contributed by atoms with Crippen molar-refractivity contribution in [3.05, 3.63) is 29.6 Å². The second kappa shape index (κ2) is 5.89. The summed E-state index contributed by atoms with van der Waals surface area (Å²) in [5.74, 6) is 0.206. The summed E-state index contributed by atoms with van der Waals surface area (Å²) in [4.78, 5) is 4.38. The van der Waals surface area contributed by atoms with E-state index in [9.17, 15) is 4.39 Å².